The Bertz CT molecular complexity index is 1140. The van der Waals surface area contributed by atoms with Gasteiger partial charge in [-0.3, -0.25) is 4.57 Å². The van der Waals surface area contributed by atoms with Gasteiger partial charge in [0.05, 0.1) is 0 Å². The van der Waals surface area contributed by atoms with Crippen molar-refractivity contribution in [2.45, 2.75) is 13.8 Å². The topological polar surface area (TPSA) is 94.0 Å². The molecule has 0 saturated carbocycles. The number of nitrogens with zero attached hydrogens (tertiary/aromatic N) is 4. The lowest BCUT2D eigenvalue weighted by molar-refractivity contribution is 0.262. The molecule has 0 aliphatic rings. The quantitative estimate of drug-likeness (QED) is 0.506. The molecule has 4 rings (SSSR count). The van der Waals surface area contributed by atoms with Crippen LogP contribution in [0.5, 0.6) is 11.6 Å². The van der Waals surface area contributed by atoms with E-state index >= 15 is 0 Å². The number of amides is 2. The zero-order valence-corrected chi connectivity index (χ0v) is 16.5. The number of rotatable bonds is 5. The minimum atomic E-state index is -0.312. The van der Waals surface area contributed by atoms with Gasteiger partial charge in [0.1, 0.15) is 12.1 Å². The molecule has 2 amide bonds. The van der Waals surface area contributed by atoms with Gasteiger partial charge in [0.15, 0.2) is 5.82 Å². The van der Waals surface area contributed by atoms with Gasteiger partial charge in [-0.15, -0.1) is 10.2 Å². The van der Waals surface area contributed by atoms with Crippen molar-refractivity contribution < 1.29 is 9.53 Å². The molecule has 150 valence electrons. The number of benzene rings is 2. The number of hydrogen-bond acceptors (Lipinski definition) is 5. The number of aryl methyl sites for hydroxylation is 2. The zero-order valence-electron chi connectivity index (χ0n) is 16.5. The summed E-state index contributed by atoms with van der Waals surface area (Å²) >= 11 is 0. The third-order valence-electron chi connectivity index (χ3n) is 4.49. The van der Waals surface area contributed by atoms with Gasteiger partial charge in [0.25, 0.3) is 0 Å². The molecule has 8 nitrogen and oxygen atoms in total. The summed E-state index contributed by atoms with van der Waals surface area (Å²) in [5.41, 5.74) is 3.69. The van der Waals surface area contributed by atoms with E-state index in [4.69, 9.17) is 4.74 Å². The van der Waals surface area contributed by atoms with Crippen LogP contribution in [0.4, 0.5) is 16.2 Å². The number of urea groups is 1. The Morgan fingerprint density at radius 1 is 0.900 bits per heavy atom. The van der Waals surface area contributed by atoms with E-state index in [-0.39, 0.29) is 6.03 Å². The molecule has 0 spiro atoms. The SMILES string of the molecule is Cc1ccc(NC(=O)Nc2ccc(Oc3ccc(-n4ccnc4)nn3)cc2)cc1C. The van der Waals surface area contributed by atoms with Gasteiger partial charge in [-0.1, -0.05) is 6.07 Å². The Labute approximate surface area is 173 Å². The highest BCUT2D eigenvalue weighted by atomic mass is 16.5. The average Bonchev–Trinajstić information content (AvgIpc) is 3.28. The maximum atomic E-state index is 12.2. The fourth-order valence-corrected chi connectivity index (χ4v) is 2.74. The lowest BCUT2D eigenvalue weighted by Gasteiger charge is -2.10. The average molecular weight is 400 g/mol. The number of ether oxygens (including phenoxy) is 1. The van der Waals surface area contributed by atoms with Gasteiger partial charge < -0.3 is 15.4 Å². The third kappa shape index (κ3) is 4.61. The lowest BCUT2D eigenvalue weighted by atomic mass is 10.1. The highest BCUT2D eigenvalue weighted by Gasteiger charge is 2.06. The molecule has 0 aliphatic heterocycles. The Hall–Kier alpha value is -4.20. The monoisotopic (exact) mass is 400 g/mol. The molecular formula is C22H20N6O2. The van der Waals surface area contributed by atoms with Gasteiger partial charge in [0, 0.05) is 29.8 Å². The van der Waals surface area contributed by atoms with Crippen LogP contribution in [0.3, 0.4) is 0 Å². The van der Waals surface area contributed by atoms with Gasteiger partial charge in [-0.25, -0.2) is 9.78 Å². The molecule has 2 aromatic carbocycles. The largest absolute Gasteiger partial charge is 0.438 e. The van der Waals surface area contributed by atoms with Crippen LogP contribution in [-0.4, -0.2) is 25.8 Å². The molecule has 8 heteroatoms. The first-order valence-electron chi connectivity index (χ1n) is 9.32. The fourth-order valence-electron chi connectivity index (χ4n) is 2.74. The van der Waals surface area contributed by atoms with Crippen molar-refractivity contribution >= 4 is 17.4 Å². The predicted molar refractivity (Wildman–Crippen MR) is 114 cm³/mol. The van der Waals surface area contributed by atoms with Crippen LogP contribution in [-0.2, 0) is 0 Å². The van der Waals surface area contributed by atoms with Crippen molar-refractivity contribution in [1.82, 2.24) is 19.7 Å². The van der Waals surface area contributed by atoms with Crippen molar-refractivity contribution in [3.8, 4) is 17.4 Å². The molecule has 0 fully saturated rings. The Morgan fingerprint density at radius 2 is 1.67 bits per heavy atom. The smallest absolute Gasteiger partial charge is 0.323 e. The first-order valence-corrected chi connectivity index (χ1v) is 9.32. The molecule has 0 bridgehead atoms. The maximum Gasteiger partial charge on any atom is 0.323 e. The summed E-state index contributed by atoms with van der Waals surface area (Å²) in [4.78, 5) is 16.2. The molecule has 4 aromatic rings. The van der Waals surface area contributed by atoms with Crippen molar-refractivity contribution in [2.24, 2.45) is 0 Å². The number of nitrogens with one attached hydrogen (secondary N) is 2. The van der Waals surface area contributed by atoms with Gasteiger partial charge in [0.2, 0.25) is 5.88 Å². The molecule has 0 aliphatic carbocycles. The van der Waals surface area contributed by atoms with Crippen LogP contribution in [0.1, 0.15) is 11.1 Å². The summed E-state index contributed by atoms with van der Waals surface area (Å²) in [6, 6.07) is 16.0. The summed E-state index contributed by atoms with van der Waals surface area (Å²) in [7, 11) is 0. The third-order valence-corrected chi connectivity index (χ3v) is 4.49. The fraction of sp³-hybridized carbons (Fsp3) is 0.0909. The van der Waals surface area contributed by atoms with E-state index in [0.717, 1.165) is 11.3 Å². The van der Waals surface area contributed by atoms with Crippen molar-refractivity contribution in [3.63, 3.8) is 0 Å². The van der Waals surface area contributed by atoms with Crippen molar-refractivity contribution in [1.29, 1.82) is 0 Å². The standard InChI is InChI=1S/C22H20N6O2/c1-15-3-4-18(13-16(15)2)25-22(29)24-17-5-7-19(8-6-17)30-21-10-9-20(26-27-21)28-12-11-23-14-28/h3-14H,1-2H3,(H2,24,25,29). The minimum absolute atomic E-state index is 0.312. The van der Waals surface area contributed by atoms with Gasteiger partial charge in [-0.05, 0) is 67.4 Å². The summed E-state index contributed by atoms with van der Waals surface area (Å²) in [5, 5.41) is 13.8. The van der Waals surface area contributed by atoms with Crippen molar-refractivity contribution in [2.75, 3.05) is 10.6 Å². The van der Waals surface area contributed by atoms with E-state index in [2.05, 4.69) is 25.8 Å². The molecule has 0 unspecified atom stereocenters. The molecule has 0 radical (unpaired) electrons. The van der Waals surface area contributed by atoms with E-state index in [1.807, 2.05) is 32.0 Å². The molecular weight excluding hydrogens is 380 g/mol. The molecule has 0 atom stereocenters. The van der Waals surface area contributed by atoms with E-state index in [0.29, 0.717) is 23.1 Å². The van der Waals surface area contributed by atoms with Crippen LogP contribution in [0.15, 0.2) is 73.3 Å². The lowest BCUT2D eigenvalue weighted by Crippen LogP contribution is -2.19. The summed E-state index contributed by atoms with van der Waals surface area (Å²) in [5.74, 6) is 1.60. The number of carbonyl (C=O) groups excluding carboxylic acids is 1. The van der Waals surface area contributed by atoms with Gasteiger partial charge in [-0.2, -0.15) is 0 Å². The number of aromatic nitrogens is 4. The molecule has 0 saturated heterocycles. The number of anilines is 2. The Balaban J connectivity index is 1.34. The van der Waals surface area contributed by atoms with E-state index in [9.17, 15) is 4.79 Å². The first kappa shape index (κ1) is 19.1. The first-order chi connectivity index (χ1) is 14.6. The molecule has 2 N–H and O–H groups in total. The highest BCUT2D eigenvalue weighted by molar-refractivity contribution is 5.99. The number of hydrogen-bond donors (Lipinski definition) is 2. The van der Waals surface area contributed by atoms with Crippen LogP contribution >= 0.6 is 0 Å². The second-order valence-electron chi connectivity index (χ2n) is 6.70. The van der Waals surface area contributed by atoms with Gasteiger partial charge >= 0.3 is 6.03 Å². The zero-order chi connectivity index (χ0) is 20.9. The second-order valence-corrected chi connectivity index (χ2v) is 6.70. The predicted octanol–water partition coefficient (Wildman–Crippen LogP) is 4.72. The number of imidazole rings is 1. The van der Waals surface area contributed by atoms with Crippen molar-refractivity contribution in [3.05, 3.63) is 84.4 Å². The molecule has 30 heavy (non-hydrogen) atoms. The minimum Gasteiger partial charge on any atom is -0.438 e. The van der Waals surface area contributed by atoms with E-state index in [1.165, 1.54) is 5.56 Å². The normalized spacial score (nSPS) is 10.5. The van der Waals surface area contributed by atoms with E-state index < -0.39 is 0 Å². The Morgan fingerprint density at radius 3 is 2.33 bits per heavy atom. The van der Waals surface area contributed by atoms with E-state index in [1.54, 1.807) is 59.7 Å². The summed E-state index contributed by atoms with van der Waals surface area (Å²) < 4.78 is 7.45. The van der Waals surface area contributed by atoms with Crippen LogP contribution in [0, 0.1) is 13.8 Å². The van der Waals surface area contributed by atoms with Crippen LogP contribution in [0.25, 0.3) is 5.82 Å². The molecule has 2 heterocycles. The van der Waals surface area contributed by atoms with Crippen LogP contribution in [0.2, 0.25) is 0 Å². The molecule has 2 aromatic heterocycles. The summed E-state index contributed by atoms with van der Waals surface area (Å²) in [6.45, 7) is 4.04. The Kier molecular flexibility index (Phi) is 5.38. The highest BCUT2D eigenvalue weighted by Crippen LogP contribution is 2.22. The van der Waals surface area contributed by atoms with Crippen LogP contribution < -0.4 is 15.4 Å². The second kappa shape index (κ2) is 8.44. The number of carbonyl (C=O) groups is 1. The summed E-state index contributed by atoms with van der Waals surface area (Å²) in [6.07, 6.45) is 5.10. The maximum absolute atomic E-state index is 12.2.